The molecule has 0 fully saturated rings. The van der Waals surface area contributed by atoms with Crippen LogP contribution in [0.3, 0.4) is 0 Å². The lowest BCUT2D eigenvalue weighted by molar-refractivity contribution is -0.138. The summed E-state index contributed by atoms with van der Waals surface area (Å²) in [6.45, 7) is 7.13. The van der Waals surface area contributed by atoms with Crippen molar-refractivity contribution in [1.29, 1.82) is 0 Å². The van der Waals surface area contributed by atoms with Crippen molar-refractivity contribution in [1.82, 2.24) is 5.32 Å². The minimum Gasteiger partial charge on any atom is -0.463 e. The summed E-state index contributed by atoms with van der Waals surface area (Å²) < 4.78 is 4.79. The maximum atomic E-state index is 11.1. The van der Waals surface area contributed by atoms with Gasteiger partial charge in [0.2, 0.25) is 0 Å². The number of hydrogen-bond donors (Lipinski definition) is 1. The maximum Gasteiger partial charge on any atom is 0.334 e. The zero-order valence-electron chi connectivity index (χ0n) is 9.34. The predicted octanol–water partition coefficient (Wildman–Crippen LogP) is 1.50. The van der Waals surface area contributed by atoms with E-state index in [0.29, 0.717) is 18.7 Å². The number of esters is 1. The second-order valence-corrected chi connectivity index (χ2v) is 3.16. The van der Waals surface area contributed by atoms with Gasteiger partial charge in [0, 0.05) is 18.5 Å². The van der Waals surface area contributed by atoms with Crippen LogP contribution >= 0.6 is 0 Å². The summed E-state index contributed by atoms with van der Waals surface area (Å²) in [7, 11) is 0. The van der Waals surface area contributed by atoms with Crippen LogP contribution in [0.25, 0.3) is 0 Å². The van der Waals surface area contributed by atoms with E-state index in [-0.39, 0.29) is 5.97 Å². The molecule has 0 atom stereocenters. The lowest BCUT2D eigenvalue weighted by Crippen LogP contribution is -2.22. The van der Waals surface area contributed by atoms with Gasteiger partial charge in [-0.1, -0.05) is 6.58 Å². The topological polar surface area (TPSA) is 38.3 Å². The van der Waals surface area contributed by atoms with E-state index >= 15 is 0 Å². The Kier molecular flexibility index (Phi) is 8.50. The molecule has 0 heterocycles. The molecule has 3 nitrogen and oxygen atoms in total. The van der Waals surface area contributed by atoms with Crippen LogP contribution in [0, 0.1) is 12.3 Å². The molecule has 15 heavy (non-hydrogen) atoms. The largest absolute Gasteiger partial charge is 0.463 e. The number of rotatable bonds is 8. The molecule has 0 saturated heterocycles. The first-order valence-corrected chi connectivity index (χ1v) is 5.21. The molecule has 1 N–H and O–H groups in total. The first-order valence-electron chi connectivity index (χ1n) is 5.21. The molecule has 0 aromatic heterocycles. The smallest absolute Gasteiger partial charge is 0.334 e. The van der Waals surface area contributed by atoms with Crippen molar-refractivity contribution >= 4 is 5.97 Å². The first kappa shape index (κ1) is 13.7. The van der Waals surface area contributed by atoms with Gasteiger partial charge in [-0.25, -0.2) is 4.79 Å². The van der Waals surface area contributed by atoms with Crippen molar-refractivity contribution in [2.24, 2.45) is 0 Å². The molecule has 0 bridgehead atoms. The Bertz CT molecular complexity index is 240. The van der Waals surface area contributed by atoms with Crippen molar-refractivity contribution < 1.29 is 9.53 Å². The minimum absolute atomic E-state index is 0.325. The zero-order chi connectivity index (χ0) is 11.5. The average molecular weight is 209 g/mol. The van der Waals surface area contributed by atoms with Gasteiger partial charge in [-0.05, 0) is 26.3 Å². The lowest BCUT2D eigenvalue weighted by atomic mass is 10.2. The van der Waals surface area contributed by atoms with Gasteiger partial charge in [-0.2, -0.15) is 0 Å². The first-order chi connectivity index (χ1) is 7.22. The Balaban J connectivity index is 3.39. The van der Waals surface area contributed by atoms with Crippen LogP contribution in [0.2, 0.25) is 0 Å². The van der Waals surface area contributed by atoms with Crippen molar-refractivity contribution in [3.8, 4) is 12.3 Å². The number of carbonyl (C=O) groups is 1. The Labute approximate surface area is 91.9 Å². The summed E-state index contributed by atoms with van der Waals surface area (Å²) in [5, 5.41) is 3.11. The highest BCUT2D eigenvalue weighted by Gasteiger charge is 2.05. The number of nitrogens with one attached hydrogen (secondary N) is 1. The normalized spacial score (nSPS) is 9.33. The quantitative estimate of drug-likeness (QED) is 0.285. The van der Waals surface area contributed by atoms with E-state index in [2.05, 4.69) is 17.8 Å². The van der Waals surface area contributed by atoms with E-state index in [1.165, 1.54) is 0 Å². The van der Waals surface area contributed by atoms with Crippen molar-refractivity contribution in [3.05, 3.63) is 12.2 Å². The molecule has 3 heteroatoms. The minimum atomic E-state index is -0.325. The van der Waals surface area contributed by atoms with Crippen LogP contribution in [0.5, 0.6) is 0 Å². The molecule has 0 amide bonds. The third-order valence-electron chi connectivity index (χ3n) is 1.83. The number of unbranched alkanes of at least 4 members (excludes halogenated alkanes) is 2. The van der Waals surface area contributed by atoms with E-state index in [9.17, 15) is 4.79 Å². The summed E-state index contributed by atoms with van der Waals surface area (Å²) in [5.74, 6) is 2.26. The van der Waals surface area contributed by atoms with Gasteiger partial charge in [-0.15, -0.1) is 12.3 Å². The molecule has 0 aliphatic carbocycles. The molecule has 0 aromatic rings. The van der Waals surface area contributed by atoms with Crippen LogP contribution in [-0.2, 0) is 9.53 Å². The van der Waals surface area contributed by atoms with Crippen molar-refractivity contribution in [2.45, 2.75) is 26.2 Å². The molecule has 0 aliphatic rings. The molecule has 0 unspecified atom stereocenters. The van der Waals surface area contributed by atoms with Crippen LogP contribution in [0.4, 0.5) is 0 Å². The van der Waals surface area contributed by atoms with Gasteiger partial charge in [0.05, 0.1) is 6.61 Å². The van der Waals surface area contributed by atoms with Crippen LogP contribution in [0.1, 0.15) is 26.2 Å². The molecular formula is C12H19NO2. The van der Waals surface area contributed by atoms with Crippen molar-refractivity contribution in [2.75, 3.05) is 19.7 Å². The van der Waals surface area contributed by atoms with Crippen LogP contribution < -0.4 is 5.32 Å². The highest BCUT2D eigenvalue weighted by Crippen LogP contribution is 1.94. The van der Waals surface area contributed by atoms with Gasteiger partial charge in [0.15, 0.2) is 0 Å². The second-order valence-electron chi connectivity index (χ2n) is 3.16. The molecular weight excluding hydrogens is 190 g/mol. The summed E-state index contributed by atoms with van der Waals surface area (Å²) in [4.78, 5) is 11.1. The fourth-order valence-electron chi connectivity index (χ4n) is 1.02. The molecule has 0 spiro atoms. The van der Waals surface area contributed by atoms with E-state index in [1.807, 2.05) is 0 Å². The van der Waals surface area contributed by atoms with Gasteiger partial charge in [0.25, 0.3) is 0 Å². The highest BCUT2D eigenvalue weighted by atomic mass is 16.5. The summed E-state index contributed by atoms with van der Waals surface area (Å²) in [5.41, 5.74) is 0.466. The summed E-state index contributed by atoms with van der Waals surface area (Å²) in [6.07, 6.45) is 7.95. The average Bonchev–Trinajstić information content (AvgIpc) is 2.23. The van der Waals surface area contributed by atoms with Gasteiger partial charge >= 0.3 is 5.97 Å². The van der Waals surface area contributed by atoms with Crippen molar-refractivity contribution in [3.63, 3.8) is 0 Å². The number of hydrogen-bond acceptors (Lipinski definition) is 3. The van der Waals surface area contributed by atoms with Gasteiger partial charge in [0.1, 0.15) is 0 Å². The van der Waals surface area contributed by atoms with E-state index < -0.39 is 0 Å². The Hall–Kier alpha value is -1.27. The fourth-order valence-corrected chi connectivity index (χ4v) is 1.02. The molecule has 0 aliphatic heterocycles. The molecule has 0 radical (unpaired) electrons. The fraction of sp³-hybridized carbons (Fsp3) is 0.583. The third kappa shape index (κ3) is 7.77. The van der Waals surface area contributed by atoms with E-state index in [4.69, 9.17) is 11.2 Å². The number of ether oxygens (including phenoxy) is 1. The molecule has 0 aromatic carbocycles. The second kappa shape index (κ2) is 9.29. The van der Waals surface area contributed by atoms with Crippen LogP contribution in [-0.4, -0.2) is 25.7 Å². The Morgan fingerprint density at radius 1 is 1.53 bits per heavy atom. The van der Waals surface area contributed by atoms with Gasteiger partial charge in [-0.3, -0.25) is 0 Å². The predicted molar refractivity (Wildman–Crippen MR) is 61.3 cm³/mol. The molecule has 0 saturated carbocycles. The third-order valence-corrected chi connectivity index (χ3v) is 1.83. The highest BCUT2D eigenvalue weighted by molar-refractivity contribution is 5.88. The number of carbonyl (C=O) groups excluding carboxylic acids is 1. The lowest BCUT2D eigenvalue weighted by Gasteiger charge is -2.06. The SMILES string of the molecule is C#CCCCCNCC(=C)C(=O)OCC. The Morgan fingerprint density at radius 2 is 2.27 bits per heavy atom. The molecule has 84 valence electrons. The standard InChI is InChI=1S/C12H19NO2/c1-4-6-7-8-9-13-10-11(3)12(14)15-5-2/h1,13H,3,5-10H2,2H3. The number of terminal acetylenes is 1. The molecule has 0 rings (SSSR count). The maximum absolute atomic E-state index is 11.1. The van der Waals surface area contributed by atoms with E-state index in [1.54, 1.807) is 6.92 Å². The van der Waals surface area contributed by atoms with E-state index in [0.717, 1.165) is 25.8 Å². The summed E-state index contributed by atoms with van der Waals surface area (Å²) >= 11 is 0. The van der Waals surface area contributed by atoms with Crippen LogP contribution in [0.15, 0.2) is 12.2 Å². The Morgan fingerprint density at radius 3 is 2.87 bits per heavy atom. The monoisotopic (exact) mass is 209 g/mol. The van der Waals surface area contributed by atoms with Gasteiger partial charge < -0.3 is 10.1 Å². The zero-order valence-corrected chi connectivity index (χ0v) is 9.34. The summed E-state index contributed by atoms with van der Waals surface area (Å²) in [6, 6.07) is 0.